The zero-order valence-corrected chi connectivity index (χ0v) is 28.0. The summed E-state index contributed by atoms with van der Waals surface area (Å²) in [6, 6.07) is 19.5. The van der Waals surface area contributed by atoms with Crippen LogP contribution in [0.4, 0.5) is 5.69 Å². The molecule has 1 aliphatic heterocycles. The van der Waals surface area contributed by atoms with Crippen LogP contribution < -0.4 is 27.0 Å². The normalized spacial score (nSPS) is 18.7. The van der Waals surface area contributed by atoms with Crippen LogP contribution in [0.5, 0.6) is 0 Å². The summed E-state index contributed by atoms with van der Waals surface area (Å²) in [5, 5.41) is 26.9. The van der Waals surface area contributed by atoms with E-state index in [1.165, 1.54) is 0 Å². The first-order valence-electron chi connectivity index (χ1n) is 16.9. The number of nitrogens with two attached hydrogens (primary N) is 1. The molecule has 0 bridgehead atoms. The molecule has 0 radical (unpaired) electrons. The Balaban J connectivity index is 1.14. The number of carbonyl (C=O) groups is 3. The number of hydrogen-bond donors (Lipinski definition) is 6. The van der Waals surface area contributed by atoms with Crippen LogP contribution in [0, 0.1) is 11.8 Å². The Hall–Kier alpha value is -4.65. The van der Waals surface area contributed by atoms with Crippen LogP contribution in [-0.2, 0) is 16.0 Å². The first-order chi connectivity index (χ1) is 23.9. The third kappa shape index (κ3) is 8.88. The number of H-pyrrole nitrogens is 1. The van der Waals surface area contributed by atoms with Gasteiger partial charge in [-0.1, -0.05) is 41.9 Å². The Bertz CT molecular complexity index is 1720. The number of aromatic nitrogens is 4. The number of carbonyl (C=O) groups excluding carboxylic acids is 3. The minimum absolute atomic E-state index is 0.115. The van der Waals surface area contributed by atoms with Gasteiger partial charge in [0.1, 0.15) is 6.04 Å². The van der Waals surface area contributed by atoms with Crippen LogP contribution in [0.25, 0.3) is 22.5 Å². The molecule has 13 heteroatoms. The summed E-state index contributed by atoms with van der Waals surface area (Å²) < 4.78 is 0. The molecular formula is C36H42ClN9O3. The molecule has 12 nitrogen and oxygen atoms in total. The lowest BCUT2D eigenvalue weighted by atomic mass is 9.81. The number of rotatable bonds is 11. The molecule has 2 aliphatic rings. The molecule has 256 valence electrons. The molecule has 1 atom stereocenters. The smallest absolute Gasteiger partial charge is 0.251 e. The molecule has 2 heterocycles. The Kier molecular flexibility index (Phi) is 11.3. The van der Waals surface area contributed by atoms with Gasteiger partial charge in [0.15, 0.2) is 0 Å². The van der Waals surface area contributed by atoms with Gasteiger partial charge in [0.25, 0.3) is 5.91 Å². The molecule has 4 aromatic rings. The summed E-state index contributed by atoms with van der Waals surface area (Å²) in [6.45, 7) is 2.42. The van der Waals surface area contributed by atoms with Gasteiger partial charge in [-0.25, -0.2) is 0 Å². The number of anilines is 1. The van der Waals surface area contributed by atoms with Crippen molar-refractivity contribution in [1.29, 1.82) is 0 Å². The molecule has 1 aliphatic carbocycles. The third-order valence-corrected chi connectivity index (χ3v) is 9.86. The van der Waals surface area contributed by atoms with Gasteiger partial charge in [-0.15, -0.1) is 10.2 Å². The Labute approximate surface area is 290 Å². The molecule has 49 heavy (non-hydrogen) atoms. The monoisotopic (exact) mass is 683 g/mol. The summed E-state index contributed by atoms with van der Waals surface area (Å²) in [4.78, 5) is 39.9. The molecule has 1 saturated heterocycles. The Morgan fingerprint density at radius 2 is 1.61 bits per heavy atom. The van der Waals surface area contributed by atoms with Gasteiger partial charge in [-0.05, 0) is 117 Å². The number of amides is 3. The zero-order chi connectivity index (χ0) is 34.2. The van der Waals surface area contributed by atoms with E-state index in [2.05, 4.69) is 41.9 Å². The third-order valence-electron chi connectivity index (χ3n) is 9.55. The van der Waals surface area contributed by atoms with E-state index in [-0.39, 0.29) is 29.7 Å². The standard InChI is InChI=1S/C36H42ClN9O3/c37-31-20-27(35(48)40-29-15-17-39-18-16-29)11-14-30(31)24-5-1-22(2-6-24)19-32(42-34(47)26-7-3-23(21-38)4-8-26)36(49)41-28-12-9-25(10-13-28)33-43-45-46-44-33/h1-2,5-6,9-14,20,23,26,29,32,39H,3-4,7-8,15-19,21,38H2,(H,40,48)(H,41,49)(H,42,47)(H,43,44,45,46)/t23?,26?,32-/m0/s1. The van der Waals surface area contributed by atoms with E-state index in [4.69, 9.17) is 17.3 Å². The van der Waals surface area contributed by atoms with Crippen molar-refractivity contribution in [3.05, 3.63) is 82.9 Å². The van der Waals surface area contributed by atoms with Crippen LogP contribution in [0.2, 0.25) is 5.02 Å². The molecule has 0 unspecified atom stereocenters. The first-order valence-corrected chi connectivity index (χ1v) is 17.3. The second kappa shape index (κ2) is 16.2. The lowest BCUT2D eigenvalue weighted by molar-refractivity contribution is -0.130. The predicted molar refractivity (Wildman–Crippen MR) is 189 cm³/mol. The number of hydrogen-bond acceptors (Lipinski definition) is 8. The average Bonchev–Trinajstić information content (AvgIpc) is 3.68. The van der Waals surface area contributed by atoms with E-state index >= 15 is 0 Å². The highest BCUT2D eigenvalue weighted by Gasteiger charge is 2.29. The van der Waals surface area contributed by atoms with E-state index in [1.54, 1.807) is 36.4 Å². The SMILES string of the molecule is NCC1CCC(C(=O)N[C@@H](Cc2ccc(-c3ccc(C(=O)NC4CCNCC4)cc3Cl)cc2)C(=O)Nc2ccc(-c3nn[nH]n3)cc2)CC1. The van der Waals surface area contributed by atoms with Crippen molar-refractivity contribution in [3.8, 4) is 22.5 Å². The van der Waals surface area contributed by atoms with Crippen molar-refractivity contribution in [2.75, 3.05) is 25.0 Å². The molecule has 0 spiro atoms. The molecule has 3 amide bonds. The maximum Gasteiger partial charge on any atom is 0.251 e. The number of halogens is 1. The minimum atomic E-state index is -0.802. The van der Waals surface area contributed by atoms with Gasteiger partial charge in [-0.2, -0.15) is 5.21 Å². The molecule has 6 rings (SSSR count). The Morgan fingerprint density at radius 1 is 0.898 bits per heavy atom. The van der Waals surface area contributed by atoms with E-state index in [1.807, 2.05) is 30.3 Å². The quantitative estimate of drug-likeness (QED) is 0.137. The van der Waals surface area contributed by atoms with Gasteiger partial charge in [0.2, 0.25) is 17.6 Å². The van der Waals surface area contributed by atoms with Crippen LogP contribution >= 0.6 is 11.6 Å². The number of tetrazole rings is 1. The lowest BCUT2D eigenvalue weighted by Crippen LogP contribution is -2.48. The fraction of sp³-hybridized carbons (Fsp3) is 0.389. The van der Waals surface area contributed by atoms with Gasteiger partial charge in [0, 0.05) is 45.8 Å². The number of aromatic amines is 1. The van der Waals surface area contributed by atoms with Crippen molar-refractivity contribution in [2.24, 2.45) is 17.6 Å². The summed E-state index contributed by atoms with van der Waals surface area (Å²) >= 11 is 6.67. The molecule has 1 saturated carbocycles. The maximum atomic E-state index is 13.7. The van der Waals surface area contributed by atoms with Crippen LogP contribution in [0.15, 0.2) is 66.7 Å². The topological polar surface area (TPSA) is 180 Å². The number of nitrogens with zero attached hydrogens (tertiary/aromatic N) is 3. The highest BCUT2D eigenvalue weighted by atomic mass is 35.5. The van der Waals surface area contributed by atoms with Crippen LogP contribution in [0.1, 0.15) is 54.4 Å². The fourth-order valence-electron chi connectivity index (χ4n) is 6.56. The first kappa shape index (κ1) is 34.2. The summed E-state index contributed by atoms with van der Waals surface area (Å²) in [5.41, 5.74) is 10.3. The highest BCUT2D eigenvalue weighted by molar-refractivity contribution is 6.33. The summed E-state index contributed by atoms with van der Waals surface area (Å²) in [5.74, 6) is 0.181. The number of benzene rings is 3. The zero-order valence-electron chi connectivity index (χ0n) is 27.3. The van der Waals surface area contributed by atoms with E-state index in [0.29, 0.717) is 41.0 Å². The summed E-state index contributed by atoms with van der Waals surface area (Å²) in [6.07, 6.45) is 5.43. The van der Waals surface area contributed by atoms with E-state index in [9.17, 15) is 14.4 Å². The second-order valence-corrected chi connectivity index (χ2v) is 13.3. The molecular weight excluding hydrogens is 642 g/mol. The van der Waals surface area contributed by atoms with E-state index in [0.717, 1.165) is 73.9 Å². The van der Waals surface area contributed by atoms with Gasteiger partial charge in [-0.3, -0.25) is 14.4 Å². The van der Waals surface area contributed by atoms with Crippen molar-refractivity contribution < 1.29 is 14.4 Å². The van der Waals surface area contributed by atoms with E-state index < -0.39 is 6.04 Å². The number of piperidine rings is 1. The number of nitrogens with one attached hydrogen (secondary N) is 5. The van der Waals surface area contributed by atoms with Crippen molar-refractivity contribution in [1.82, 2.24) is 36.6 Å². The maximum absolute atomic E-state index is 13.7. The summed E-state index contributed by atoms with van der Waals surface area (Å²) in [7, 11) is 0. The molecule has 3 aromatic carbocycles. The minimum Gasteiger partial charge on any atom is -0.349 e. The second-order valence-electron chi connectivity index (χ2n) is 12.9. The molecule has 7 N–H and O–H groups in total. The highest BCUT2D eigenvalue weighted by Crippen LogP contribution is 2.30. The molecule has 1 aromatic heterocycles. The van der Waals surface area contributed by atoms with Crippen molar-refractivity contribution >= 4 is 35.0 Å². The predicted octanol–water partition coefficient (Wildman–Crippen LogP) is 4.10. The Morgan fingerprint density at radius 3 is 2.27 bits per heavy atom. The van der Waals surface area contributed by atoms with Gasteiger partial charge < -0.3 is 27.0 Å². The van der Waals surface area contributed by atoms with Crippen molar-refractivity contribution in [2.45, 2.75) is 57.0 Å². The van der Waals surface area contributed by atoms with Crippen LogP contribution in [0.3, 0.4) is 0 Å². The molecule has 2 fully saturated rings. The van der Waals surface area contributed by atoms with Crippen LogP contribution in [-0.4, -0.2) is 70.1 Å². The lowest BCUT2D eigenvalue weighted by Gasteiger charge is -2.28. The van der Waals surface area contributed by atoms with Gasteiger partial charge >= 0.3 is 0 Å². The van der Waals surface area contributed by atoms with Gasteiger partial charge in [0.05, 0.1) is 0 Å². The average molecular weight is 684 g/mol. The fourth-order valence-corrected chi connectivity index (χ4v) is 6.85. The van der Waals surface area contributed by atoms with Crippen molar-refractivity contribution in [3.63, 3.8) is 0 Å². The largest absolute Gasteiger partial charge is 0.349 e.